The number of azide groups is 1. The van der Waals surface area contributed by atoms with Gasteiger partial charge in [0, 0.05) is 22.5 Å². The number of hydrogen-bond acceptors (Lipinski definition) is 2. The second-order valence-corrected chi connectivity index (χ2v) is 3.34. The second-order valence-electron chi connectivity index (χ2n) is 2.90. The minimum Gasteiger partial charge on any atom is -0.324 e. The van der Waals surface area contributed by atoms with E-state index in [0.29, 0.717) is 18.0 Å². The Labute approximate surface area is 87.3 Å². The molecule has 0 spiro atoms. The third-order valence-corrected chi connectivity index (χ3v) is 2.15. The summed E-state index contributed by atoms with van der Waals surface area (Å²) in [5, 5.41) is 4.12. The van der Waals surface area contributed by atoms with Gasteiger partial charge < -0.3 is 5.73 Å². The highest BCUT2D eigenvalue weighted by molar-refractivity contribution is 6.30. The van der Waals surface area contributed by atoms with Crippen LogP contribution in [0.15, 0.2) is 29.4 Å². The average Bonchev–Trinajstić information content (AvgIpc) is 2.19. The van der Waals surface area contributed by atoms with Crippen LogP contribution in [0.3, 0.4) is 0 Å². The molecule has 4 nitrogen and oxygen atoms in total. The summed E-state index contributed by atoms with van der Waals surface area (Å²) in [5.74, 6) is 0. The van der Waals surface area contributed by atoms with Gasteiger partial charge in [0.15, 0.2) is 0 Å². The van der Waals surface area contributed by atoms with E-state index >= 15 is 0 Å². The smallest absolute Gasteiger partial charge is 0.0406 e. The lowest BCUT2D eigenvalue weighted by Gasteiger charge is -2.09. The monoisotopic (exact) mass is 210 g/mol. The molecule has 0 aliphatic heterocycles. The number of rotatable bonds is 4. The molecule has 0 unspecified atom stereocenters. The molecule has 14 heavy (non-hydrogen) atoms. The van der Waals surface area contributed by atoms with Crippen LogP contribution in [-0.4, -0.2) is 6.54 Å². The van der Waals surface area contributed by atoms with E-state index in [9.17, 15) is 0 Å². The number of nitrogens with two attached hydrogens (primary N) is 1. The number of halogens is 1. The zero-order valence-electron chi connectivity index (χ0n) is 7.60. The Morgan fingerprint density at radius 1 is 1.43 bits per heavy atom. The molecule has 0 aliphatic carbocycles. The molecule has 1 aromatic carbocycles. The highest BCUT2D eigenvalue weighted by Crippen LogP contribution is 2.16. The molecule has 74 valence electrons. The summed E-state index contributed by atoms with van der Waals surface area (Å²) < 4.78 is 0. The lowest BCUT2D eigenvalue weighted by Crippen LogP contribution is -2.10. The van der Waals surface area contributed by atoms with Crippen LogP contribution in [0.4, 0.5) is 0 Å². The van der Waals surface area contributed by atoms with Gasteiger partial charge >= 0.3 is 0 Å². The zero-order valence-corrected chi connectivity index (χ0v) is 8.35. The number of hydrogen-bond donors (Lipinski definition) is 1. The van der Waals surface area contributed by atoms with E-state index in [-0.39, 0.29) is 6.04 Å². The van der Waals surface area contributed by atoms with E-state index in [2.05, 4.69) is 10.0 Å². The maximum atomic E-state index is 8.09. The van der Waals surface area contributed by atoms with Crippen molar-refractivity contribution in [1.29, 1.82) is 0 Å². The fourth-order valence-corrected chi connectivity index (χ4v) is 1.24. The molecular formula is C9H11ClN4. The van der Waals surface area contributed by atoms with Crippen LogP contribution in [0.25, 0.3) is 10.4 Å². The molecule has 0 fully saturated rings. The molecule has 1 rings (SSSR count). The molecular weight excluding hydrogens is 200 g/mol. The van der Waals surface area contributed by atoms with E-state index in [1.54, 1.807) is 12.1 Å². The van der Waals surface area contributed by atoms with Crippen molar-refractivity contribution in [3.63, 3.8) is 0 Å². The van der Waals surface area contributed by atoms with Crippen molar-refractivity contribution in [2.24, 2.45) is 10.8 Å². The predicted octanol–water partition coefficient (Wildman–Crippen LogP) is 3.04. The van der Waals surface area contributed by atoms with Gasteiger partial charge in [-0.15, -0.1) is 0 Å². The van der Waals surface area contributed by atoms with E-state index in [1.165, 1.54) is 0 Å². The fraction of sp³-hybridized carbons (Fsp3) is 0.333. The van der Waals surface area contributed by atoms with Crippen molar-refractivity contribution in [3.05, 3.63) is 45.3 Å². The Morgan fingerprint density at radius 2 is 2.07 bits per heavy atom. The van der Waals surface area contributed by atoms with Gasteiger partial charge in [-0.05, 0) is 29.6 Å². The van der Waals surface area contributed by atoms with Gasteiger partial charge in [0.05, 0.1) is 0 Å². The molecule has 2 N–H and O–H groups in total. The SMILES string of the molecule is [N-]=[N+]=NCC[C@@H](N)c1ccc(Cl)cc1. The van der Waals surface area contributed by atoms with Crippen LogP contribution in [0.2, 0.25) is 5.02 Å². The summed E-state index contributed by atoms with van der Waals surface area (Å²) in [6.07, 6.45) is 0.645. The van der Waals surface area contributed by atoms with Crippen molar-refractivity contribution >= 4 is 11.6 Å². The highest BCUT2D eigenvalue weighted by atomic mass is 35.5. The molecule has 0 heterocycles. The highest BCUT2D eigenvalue weighted by Gasteiger charge is 2.04. The Kier molecular flexibility index (Phi) is 4.26. The summed E-state index contributed by atoms with van der Waals surface area (Å²) in [6.45, 7) is 0.417. The van der Waals surface area contributed by atoms with Crippen LogP contribution in [0.5, 0.6) is 0 Å². The number of benzene rings is 1. The van der Waals surface area contributed by atoms with Crippen molar-refractivity contribution < 1.29 is 0 Å². The molecule has 0 radical (unpaired) electrons. The van der Waals surface area contributed by atoms with Crippen LogP contribution in [-0.2, 0) is 0 Å². The molecule has 5 heteroatoms. The molecule has 0 bridgehead atoms. The van der Waals surface area contributed by atoms with Crippen molar-refractivity contribution in [3.8, 4) is 0 Å². The maximum absolute atomic E-state index is 8.09. The quantitative estimate of drug-likeness (QED) is 0.463. The lowest BCUT2D eigenvalue weighted by molar-refractivity contribution is 0.660. The van der Waals surface area contributed by atoms with Crippen LogP contribution < -0.4 is 5.73 Å². The maximum Gasteiger partial charge on any atom is 0.0406 e. The standard InChI is InChI=1S/C9H11ClN4/c10-8-3-1-7(2-4-8)9(11)5-6-13-14-12/h1-4,9H,5-6,11H2/t9-/m1/s1. The Morgan fingerprint density at radius 3 is 2.64 bits per heavy atom. The molecule has 0 saturated heterocycles. The van der Waals surface area contributed by atoms with Gasteiger partial charge in [0.2, 0.25) is 0 Å². The first-order valence-electron chi connectivity index (χ1n) is 4.26. The van der Waals surface area contributed by atoms with E-state index in [4.69, 9.17) is 22.9 Å². The van der Waals surface area contributed by atoms with Gasteiger partial charge in [-0.2, -0.15) is 0 Å². The normalized spacial score (nSPS) is 11.9. The Hall–Kier alpha value is -1.22. The van der Waals surface area contributed by atoms with Gasteiger partial charge in [-0.25, -0.2) is 0 Å². The second kappa shape index (κ2) is 5.50. The Bertz CT molecular complexity index is 329. The van der Waals surface area contributed by atoms with Gasteiger partial charge in [0.25, 0.3) is 0 Å². The van der Waals surface area contributed by atoms with Crippen LogP contribution >= 0.6 is 11.6 Å². The topological polar surface area (TPSA) is 74.8 Å². The lowest BCUT2D eigenvalue weighted by atomic mass is 10.1. The van der Waals surface area contributed by atoms with Crippen molar-refractivity contribution in [1.82, 2.24) is 0 Å². The third-order valence-electron chi connectivity index (χ3n) is 1.90. The predicted molar refractivity (Wildman–Crippen MR) is 57.0 cm³/mol. The summed E-state index contributed by atoms with van der Waals surface area (Å²) in [6, 6.07) is 7.25. The van der Waals surface area contributed by atoms with Gasteiger partial charge in [-0.1, -0.05) is 28.8 Å². The first-order valence-corrected chi connectivity index (χ1v) is 4.63. The summed E-state index contributed by atoms with van der Waals surface area (Å²) in [5.41, 5.74) is 14.9. The van der Waals surface area contributed by atoms with E-state index in [1.807, 2.05) is 12.1 Å². The largest absolute Gasteiger partial charge is 0.324 e. The first kappa shape index (κ1) is 10.9. The summed E-state index contributed by atoms with van der Waals surface area (Å²) >= 11 is 5.74. The average molecular weight is 211 g/mol. The van der Waals surface area contributed by atoms with Gasteiger partial charge in [0.1, 0.15) is 0 Å². The van der Waals surface area contributed by atoms with E-state index < -0.39 is 0 Å². The van der Waals surface area contributed by atoms with Crippen molar-refractivity contribution in [2.75, 3.05) is 6.54 Å². The molecule has 0 amide bonds. The molecule has 0 saturated carbocycles. The van der Waals surface area contributed by atoms with Crippen LogP contribution in [0.1, 0.15) is 18.0 Å². The van der Waals surface area contributed by atoms with E-state index in [0.717, 1.165) is 5.56 Å². The van der Waals surface area contributed by atoms with Crippen LogP contribution in [0, 0.1) is 0 Å². The molecule has 1 atom stereocenters. The third kappa shape index (κ3) is 3.26. The summed E-state index contributed by atoms with van der Waals surface area (Å²) in [7, 11) is 0. The summed E-state index contributed by atoms with van der Waals surface area (Å²) in [4.78, 5) is 2.66. The molecule has 0 aliphatic rings. The molecule has 1 aromatic rings. The van der Waals surface area contributed by atoms with Gasteiger partial charge in [-0.3, -0.25) is 0 Å². The minimum atomic E-state index is -0.0993. The first-order chi connectivity index (χ1) is 6.74. The minimum absolute atomic E-state index is 0.0993. The zero-order chi connectivity index (χ0) is 10.4. The van der Waals surface area contributed by atoms with Crippen molar-refractivity contribution in [2.45, 2.75) is 12.5 Å². The number of nitrogens with zero attached hydrogens (tertiary/aromatic N) is 3. The fourth-order valence-electron chi connectivity index (χ4n) is 1.12. The Balaban J connectivity index is 2.55. The molecule has 0 aromatic heterocycles.